The number of ether oxygens (including phenoxy) is 1. The van der Waals surface area contributed by atoms with E-state index in [0.717, 1.165) is 12.8 Å². The average molecular weight is 263 g/mol. The summed E-state index contributed by atoms with van der Waals surface area (Å²) in [5.41, 5.74) is 5.84. The van der Waals surface area contributed by atoms with Crippen LogP contribution in [0.1, 0.15) is 12.8 Å². The summed E-state index contributed by atoms with van der Waals surface area (Å²) >= 11 is 0. The lowest BCUT2D eigenvalue weighted by Crippen LogP contribution is -2.54. The molecule has 0 spiro atoms. The Kier molecular flexibility index (Phi) is 3.20. The molecule has 3 N–H and O–H groups in total. The number of carbonyl (C=O) groups is 1. The van der Waals surface area contributed by atoms with Crippen molar-refractivity contribution in [1.82, 2.24) is 15.3 Å². The third-order valence-electron chi connectivity index (χ3n) is 3.33. The molecule has 7 heteroatoms. The molecule has 1 saturated carbocycles. The van der Waals surface area contributed by atoms with Gasteiger partial charge in [-0.05, 0) is 12.8 Å². The number of anilines is 2. The van der Waals surface area contributed by atoms with Crippen LogP contribution in [0.2, 0.25) is 0 Å². The number of carbonyl (C=O) groups excluding carboxylic acids is 1. The van der Waals surface area contributed by atoms with E-state index in [1.54, 1.807) is 12.4 Å². The number of nitrogens with zero attached hydrogens (tertiary/aromatic N) is 3. The first-order valence-electron chi connectivity index (χ1n) is 6.47. The smallest absolute Gasteiger partial charge is 0.245 e. The molecule has 1 aromatic heterocycles. The Morgan fingerprint density at radius 3 is 2.95 bits per heavy atom. The minimum Gasteiger partial charge on any atom is -0.381 e. The molecule has 1 aliphatic heterocycles. The Balaban J connectivity index is 1.80. The van der Waals surface area contributed by atoms with Crippen molar-refractivity contribution in [3.8, 4) is 0 Å². The third-order valence-corrected chi connectivity index (χ3v) is 3.33. The van der Waals surface area contributed by atoms with Crippen molar-refractivity contribution >= 4 is 17.5 Å². The molecular formula is C12H17N5O2. The molecular weight excluding hydrogens is 246 g/mol. The van der Waals surface area contributed by atoms with E-state index in [-0.39, 0.29) is 11.9 Å². The minimum atomic E-state index is -0.381. The molecule has 102 valence electrons. The van der Waals surface area contributed by atoms with Crippen LogP contribution < -0.4 is 16.0 Å². The lowest BCUT2D eigenvalue weighted by Gasteiger charge is -2.35. The normalized spacial score (nSPS) is 23.2. The van der Waals surface area contributed by atoms with Crippen LogP contribution in [-0.2, 0) is 9.53 Å². The summed E-state index contributed by atoms with van der Waals surface area (Å²) in [6, 6.07) is -0.0520. The molecule has 1 amide bonds. The zero-order valence-electron chi connectivity index (χ0n) is 10.6. The van der Waals surface area contributed by atoms with Crippen LogP contribution in [-0.4, -0.2) is 47.7 Å². The predicted octanol–water partition coefficient (Wildman–Crippen LogP) is -0.457. The van der Waals surface area contributed by atoms with Gasteiger partial charge in [0.15, 0.2) is 11.6 Å². The van der Waals surface area contributed by atoms with Crippen molar-refractivity contribution in [3.05, 3.63) is 12.4 Å². The first kappa shape index (κ1) is 12.2. The Labute approximate surface area is 111 Å². The molecule has 1 saturated heterocycles. The Bertz CT molecular complexity index is 477. The number of amides is 1. The second kappa shape index (κ2) is 5.00. The van der Waals surface area contributed by atoms with Crippen LogP contribution in [0, 0.1) is 0 Å². The number of nitrogen functional groups attached to an aromatic ring is 1. The van der Waals surface area contributed by atoms with Gasteiger partial charge in [-0.25, -0.2) is 9.97 Å². The summed E-state index contributed by atoms with van der Waals surface area (Å²) in [7, 11) is 0. The van der Waals surface area contributed by atoms with E-state index >= 15 is 0 Å². The fraction of sp³-hybridized carbons (Fsp3) is 0.583. The SMILES string of the molecule is Nc1nccnc1N1CCOCC1C(=O)NC1CC1. The van der Waals surface area contributed by atoms with E-state index in [4.69, 9.17) is 10.5 Å². The van der Waals surface area contributed by atoms with E-state index in [1.807, 2.05) is 4.90 Å². The zero-order chi connectivity index (χ0) is 13.2. The van der Waals surface area contributed by atoms with Crippen molar-refractivity contribution in [3.63, 3.8) is 0 Å². The number of morpholine rings is 1. The van der Waals surface area contributed by atoms with Crippen LogP contribution >= 0.6 is 0 Å². The first-order valence-corrected chi connectivity index (χ1v) is 6.47. The number of hydrogen-bond donors (Lipinski definition) is 2. The molecule has 1 atom stereocenters. The van der Waals surface area contributed by atoms with E-state index in [0.29, 0.717) is 37.4 Å². The fourth-order valence-corrected chi connectivity index (χ4v) is 2.16. The van der Waals surface area contributed by atoms with Gasteiger partial charge in [0.2, 0.25) is 5.91 Å². The summed E-state index contributed by atoms with van der Waals surface area (Å²) in [4.78, 5) is 22.4. The summed E-state index contributed by atoms with van der Waals surface area (Å²) in [6.07, 6.45) is 5.24. The van der Waals surface area contributed by atoms with Gasteiger partial charge in [0.1, 0.15) is 6.04 Å². The quantitative estimate of drug-likeness (QED) is 0.766. The van der Waals surface area contributed by atoms with Crippen LogP contribution in [0.3, 0.4) is 0 Å². The van der Waals surface area contributed by atoms with Crippen LogP contribution in [0.15, 0.2) is 12.4 Å². The zero-order valence-corrected chi connectivity index (χ0v) is 10.6. The molecule has 1 unspecified atom stereocenters. The molecule has 0 bridgehead atoms. The van der Waals surface area contributed by atoms with Gasteiger partial charge in [-0.3, -0.25) is 4.79 Å². The molecule has 7 nitrogen and oxygen atoms in total. The van der Waals surface area contributed by atoms with Crippen LogP contribution in [0.5, 0.6) is 0 Å². The largest absolute Gasteiger partial charge is 0.381 e. The number of rotatable bonds is 3. The summed E-state index contributed by atoms with van der Waals surface area (Å²) in [5.74, 6) is 0.877. The van der Waals surface area contributed by atoms with Gasteiger partial charge in [0.25, 0.3) is 0 Å². The third kappa shape index (κ3) is 2.60. The van der Waals surface area contributed by atoms with E-state index < -0.39 is 0 Å². The highest BCUT2D eigenvalue weighted by Gasteiger charge is 2.34. The first-order chi connectivity index (χ1) is 9.25. The second-order valence-corrected chi connectivity index (χ2v) is 4.83. The van der Waals surface area contributed by atoms with Crippen molar-refractivity contribution in [2.24, 2.45) is 0 Å². The van der Waals surface area contributed by atoms with Gasteiger partial charge >= 0.3 is 0 Å². The lowest BCUT2D eigenvalue weighted by atomic mass is 10.2. The maximum absolute atomic E-state index is 12.2. The molecule has 1 aromatic rings. The highest BCUT2D eigenvalue weighted by molar-refractivity contribution is 5.86. The molecule has 1 aliphatic carbocycles. The second-order valence-electron chi connectivity index (χ2n) is 4.83. The average Bonchev–Trinajstić information content (AvgIpc) is 3.23. The molecule has 3 rings (SSSR count). The van der Waals surface area contributed by atoms with E-state index in [1.165, 1.54) is 0 Å². The highest BCUT2D eigenvalue weighted by Crippen LogP contribution is 2.23. The number of aromatic nitrogens is 2. The van der Waals surface area contributed by atoms with Crippen LogP contribution in [0.25, 0.3) is 0 Å². The molecule has 0 aromatic carbocycles. The van der Waals surface area contributed by atoms with Gasteiger partial charge in [0, 0.05) is 25.0 Å². The van der Waals surface area contributed by atoms with Gasteiger partial charge in [-0.1, -0.05) is 0 Å². The Morgan fingerprint density at radius 1 is 1.42 bits per heavy atom. The molecule has 2 heterocycles. The minimum absolute atomic E-state index is 0.0211. The van der Waals surface area contributed by atoms with Crippen molar-refractivity contribution in [1.29, 1.82) is 0 Å². The highest BCUT2D eigenvalue weighted by atomic mass is 16.5. The van der Waals surface area contributed by atoms with E-state index in [9.17, 15) is 4.79 Å². The van der Waals surface area contributed by atoms with Crippen molar-refractivity contribution in [2.75, 3.05) is 30.4 Å². The van der Waals surface area contributed by atoms with Gasteiger partial charge in [-0.15, -0.1) is 0 Å². The topological polar surface area (TPSA) is 93.4 Å². The van der Waals surface area contributed by atoms with Gasteiger partial charge in [-0.2, -0.15) is 0 Å². The van der Waals surface area contributed by atoms with Crippen LogP contribution in [0.4, 0.5) is 11.6 Å². The van der Waals surface area contributed by atoms with Gasteiger partial charge in [0.05, 0.1) is 13.2 Å². The fourth-order valence-electron chi connectivity index (χ4n) is 2.16. The van der Waals surface area contributed by atoms with Gasteiger partial charge < -0.3 is 20.7 Å². The Morgan fingerprint density at radius 2 is 2.21 bits per heavy atom. The molecule has 0 radical (unpaired) electrons. The molecule has 2 fully saturated rings. The lowest BCUT2D eigenvalue weighted by molar-refractivity contribution is -0.124. The standard InChI is InChI=1S/C12H17N5O2/c13-10-11(15-4-3-14-10)17-5-6-19-7-9(17)12(18)16-8-1-2-8/h3-4,8-9H,1-2,5-7H2,(H2,13,14)(H,16,18). The summed E-state index contributed by atoms with van der Waals surface area (Å²) < 4.78 is 5.41. The summed E-state index contributed by atoms with van der Waals surface area (Å²) in [6.45, 7) is 1.50. The number of nitrogens with one attached hydrogen (secondary N) is 1. The monoisotopic (exact) mass is 263 g/mol. The van der Waals surface area contributed by atoms with Crippen molar-refractivity contribution in [2.45, 2.75) is 24.9 Å². The summed E-state index contributed by atoms with van der Waals surface area (Å²) in [5, 5.41) is 2.99. The maximum Gasteiger partial charge on any atom is 0.245 e. The molecule has 19 heavy (non-hydrogen) atoms. The number of hydrogen-bond acceptors (Lipinski definition) is 6. The molecule has 2 aliphatic rings. The van der Waals surface area contributed by atoms with Crippen molar-refractivity contribution < 1.29 is 9.53 Å². The Hall–Kier alpha value is -1.89. The maximum atomic E-state index is 12.2. The van der Waals surface area contributed by atoms with E-state index in [2.05, 4.69) is 15.3 Å². The predicted molar refractivity (Wildman–Crippen MR) is 69.6 cm³/mol. The number of nitrogens with two attached hydrogens (primary N) is 1.